The molecular formula is C14H20N2O4S. The van der Waals surface area contributed by atoms with Gasteiger partial charge in [0, 0.05) is 25.2 Å². The Kier molecular flexibility index (Phi) is 3.81. The minimum Gasteiger partial charge on any atom is -0.486 e. The largest absolute Gasteiger partial charge is 0.486 e. The number of hydrogen-bond donors (Lipinski definition) is 1. The van der Waals surface area contributed by atoms with E-state index in [2.05, 4.69) is 0 Å². The van der Waals surface area contributed by atoms with Crippen LogP contribution in [0.4, 0.5) is 0 Å². The van der Waals surface area contributed by atoms with Crippen molar-refractivity contribution in [2.75, 3.05) is 26.3 Å². The number of fused-ring (bicyclic) bond motifs is 1. The molecule has 1 fully saturated rings. The van der Waals surface area contributed by atoms with Crippen LogP contribution in [0, 0.1) is 5.92 Å². The summed E-state index contributed by atoms with van der Waals surface area (Å²) in [7, 11) is -3.50. The molecule has 0 bridgehead atoms. The lowest BCUT2D eigenvalue weighted by Crippen LogP contribution is -2.33. The highest BCUT2D eigenvalue weighted by Crippen LogP contribution is 2.34. The van der Waals surface area contributed by atoms with Crippen LogP contribution in [0.5, 0.6) is 11.5 Å². The van der Waals surface area contributed by atoms with Gasteiger partial charge in [-0.2, -0.15) is 4.31 Å². The summed E-state index contributed by atoms with van der Waals surface area (Å²) in [5.41, 5.74) is 5.87. The summed E-state index contributed by atoms with van der Waals surface area (Å²) in [5, 5.41) is 0. The van der Waals surface area contributed by atoms with Gasteiger partial charge >= 0.3 is 0 Å². The number of hydrogen-bond acceptors (Lipinski definition) is 5. The van der Waals surface area contributed by atoms with Crippen LogP contribution in [0.15, 0.2) is 23.1 Å². The normalized spacial score (nSPS) is 24.0. The van der Waals surface area contributed by atoms with Gasteiger partial charge in [0.2, 0.25) is 10.0 Å². The Hall–Kier alpha value is -1.31. The predicted octanol–water partition coefficient (Wildman–Crippen LogP) is 0.816. The SMILES string of the molecule is CC(N)C1CCN(S(=O)(=O)c2ccc3c(c2)OCCO3)C1. The van der Waals surface area contributed by atoms with Crippen LogP contribution in [0.1, 0.15) is 13.3 Å². The minimum absolute atomic E-state index is 0.00506. The fourth-order valence-corrected chi connectivity index (χ4v) is 4.26. The Labute approximate surface area is 124 Å². The van der Waals surface area contributed by atoms with Crippen LogP contribution in [-0.2, 0) is 10.0 Å². The zero-order valence-electron chi connectivity index (χ0n) is 12.0. The molecule has 0 radical (unpaired) electrons. The molecule has 7 heteroatoms. The Bertz CT molecular complexity index is 630. The number of nitrogens with zero attached hydrogens (tertiary/aromatic N) is 1. The molecule has 3 rings (SSSR count). The van der Waals surface area contributed by atoms with Crippen molar-refractivity contribution < 1.29 is 17.9 Å². The maximum Gasteiger partial charge on any atom is 0.243 e. The average molecular weight is 312 g/mol. The van der Waals surface area contributed by atoms with E-state index in [1.807, 2.05) is 6.92 Å². The monoisotopic (exact) mass is 312 g/mol. The second-order valence-corrected chi connectivity index (χ2v) is 7.51. The van der Waals surface area contributed by atoms with Crippen molar-refractivity contribution in [2.45, 2.75) is 24.3 Å². The zero-order chi connectivity index (χ0) is 15.0. The molecule has 116 valence electrons. The topological polar surface area (TPSA) is 81.9 Å². The number of sulfonamides is 1. The third kappa shape index (κ3) is 2.73. The molecule has 21 heavy (non-hydrogen) atoms. The molecule has 6 nitrogen and oxygen atoms in total. The molecule has 1 saturated heterocycles. The molecule has 0 aromatic heterocycles. The van der Waals surface area contributed by atoms with E-state index in [1.54, 1.807) is 18.2 Å². The summed E-state index contributed by atoms with van der Waals surface area (Å²) in [6.07, 6.45) is 0.807. The Morgan fingerprint density at radius 3 is 2.67 bits per heavy atom. The highest BCUT2D eigenvalue weighted by atomic mass is 32.2. The third-order valence-corrected chi connectivity index (χ3v) is 5.94. The van der Waals surface area contributed by atoms with E-state index in [9.17, 15) is 8.42 Å². The van der Waals surface area contributed by atoms with Gasteiger partial charge in [-0.15, -0.1) is 0 Å². The molecule has 1 aromatic carbocycles. The summed E-state index contributed by atoms with van der Waals surface area (Å²) in [4.78, 5) is 0.247. The lowest BCUT2D eigenvalue weighted by atomic mass is 10.0. The van der Waals surface area contributed by atoms with Crippen molar-refractivity contribution in [3.8, 4) is 11.5 Å². The molecule has 0 amide bonds. The van der Waals surface area contributed by atoms with Gasteiger partial charge in [0.1, 0.15) is 13.2 Å². The van der Waals surface area contributed by atoms with E-state index >= 15 is 0 Å². The fourth-order valence-electron chi connectivity index (χ4n) is 2.73. The van der Waals surface area contributed by atoms with E-state index in [-0.39, 0.29) is 16.9 Å². The van der Waals surface area contributed by atoms with Gasteiger partial charge in [0.25, 0.3) is 0 Å². The summed E-state index contributed by atoms with van der Waals surface area (Å²) < 4.78 is 37.7. The molecule has 2 N–H and O–H groups in total. The Morgan fingerprint density at radius 1 is 1.29 bits per heavy atom. The van der Waals surface area contributed by atoms with E-state index in [4.69, 9.17) is 15.2 Å². The first-order valence-corrected chi connectivity index (χ1v) is 8.58. The molecule has 2 atom stereocenters. The maximum atomic E-state index is 12.7. The Balaban J connectivity index is 1.85. The second kappa shape index (κ2) is 5.47. The molecule has 2 aliphatic rings. The highest BCUT2D eigenvalue weighted by Gasteiger charge is 2.34. The summed E-state index contributed by atoms with van der Waals surface area (Å²) in [6, 6.07) is 4.77. The Morgan fingerprint density at radius 2 is 2.00 bits per heavy atom. The molecule has 2 aliphatic heterocycles. The third-order valence-electron chi connectivity index (χ3n) is 4.08. The van der Waals surface area contributed by atoms with Crippen molar-refractivity contribution >= 4 is 10.0 Å². The standard InChI is InChI=1S/C14H20N2O4S/c1-10(15)11-4-5-16(9-11)21(17,18)12-2-3-13-14(8-12)20-7-6-19-13/h2-3,8,10-11H,4-7,9,15H2,1H3. The lowest BCUT2D eigenvalue weighted by Gasteiger charge is -2.21. The van der Waals surface area contributed by atoms with E-state index < -0.39 is 10.0 Å². The number of benzene rings is 1. The quantitative estimate of drug-likeness (QED) is 0.893. The highest BCUT2D eigenvalue weighted by molar-refractivity contribution is 7.89. The van der Waals surface area contributed by atoms with Crippen LogP contribution < -0.4 is 15.2 Å². The number of rotatable bonds is 3. The minimum atomic E-state index is -3.50. The lowest BCUT2D eigenvalue weighted by molar-refractivity contribution is 0.171. The predicted molar refractivity (Wildman–Crippen MR) is 77.9 cm³/mol. The second-order valence-electron chi connectivity index (χ2n) is 5.58. The molecule has 1 aromatic rings. The van der Waals surface area contributed by atoms with Crippen LogP contribution in [-0.4, -0.2) is 45.1 Å². The first kappa shape index (κ1) is 14.6. The van der Waals surface area contributed by atoms with Crippen molar-refractivity contribution in [3.05, 3.63) is 18.2 Å². The summed E-state index contributed by atoms with van der Waals surface area (Å²) >= 11 is 0. The van der Waals surface area contributed by atoms with Gasteiger partial charge < -0.3 is 15.2 Å². The summed E-state index contributed by atoms with van der Waals surface area (Å²) in [6.45, 7) is 3.84. The van der Waals surface area contributed by atoms with Crippen LogP contribution in [0.2, 0.25) is 0 Å². The first-order valence-electron chi connectivity index (χ1n) is 7.14. The van der Waals surface area contributed by atoms with Crippen LogP contribution in [0.3, 0.4) is 0 Å². The maximum absolute atomic E-state index is 12.7. The van der Waals surface area contributed by atoms with Gasteiger partial charge in [-0.1, -0.05) is 0 Å². The van der Waals surface area contributed by atoms with Crippen molar-refractivity contribution in [1.29, 1.82) is 0 Å². The van der Waals surface area contributed by atoms with E-state index in [0.29, 0.717) is 37.8 Å². The van der Waals surface area contributed by atoms with Gasteiger partial charge in [0.05, 0.1) is 4.90 Å². The van der Waals surface area contributed by atoms with Gasteiger partial charge in [-0.05, 0) is 31.4 Å². The van der Waals surface area contributed by atoms with Crippen LogP contribution >= 0.6 is 0 Å². The number of ether oxygens (including phenoxy) is 2. The van der Waals surface area contributed by atoms with Gasteiger partial charge in [-0.25, -0.2) is 8.42 Å². The van der Waals surface area contributed by atoms with Crippen molar-refractivity contribution in [1.82, 2.24) is 4.31 Å². The first-order chi connectivity index (χ1) is 9.98. The average Bonchev–Trinajstić information content (AvgIpc) is 2.97. The molecule has 0 saturated carbocycles. The fraction of sp³-hybridized carbons (Fsp3) is 0.571. The van der Waals surface area contributed by atoms with E-state index in [0.717, 1.165) is 6.42 Å². The zero-order valence-corrected chi connectivity index (χ0v) is 12.8. The smallest absolute Gasteiger partial charge is 0.243 e. The molecule has 0 aliphatic carbocycles. The molecule has 2 heterocycles. The molecule has 0 spiro atoms. The molecule has 2 unspecified atom stereocenters. The van der Waals surface area contributed by atoms with Crippen molar-refractivity contribution in [3.63, 3.8) is 0 Å². The van der Waals surface area contributed by atoms with Crippen molar-refractivity contribution in [2.24, 2.45) is 11.7 Å². The van der Waals surface area contributed by atoms with Gasteiger partial charge in [0.15, 0.2) is 11.5 Å². The van der Waals surface area contributed by atoms with Crippen LogP contribution in [0.25, 0.3) is 0 Å². The van der Waals surface area contributed by atoms with E-state index in [1.165, 1.54) is 4.31 Å². The molecular weight excluding hydrogens is 292 g/mol. The van der Waals surface area contributed by atoms with Gasteiger partial charge in [-0.3, -0.25) is 0 Å². The summed E-state index contributed by atoms with van der Waals surface area (Å²) in [5.74, 6) is 1.30. The number of nitrogens with two attached hydrogens (primary N) is 1.